The molecule has 0 aromatic heterocycles. The van der Waals surface area contributed by atoms with Crippen molar-refractivity contribution in [1.82, 2.24) is 0 Å². The Hall–Kier alpha value is -0.850. The normalized spacial score (nSPS) is 43.4. The molecule has 1 aliphatic heterocycles. The van der Waals surface area contributed by atoms with E-state index in [1.54, 1.807) is 5.57 Å². The van der Waals surface area contributed by atoms with Crippen LogP contribution in [0.1, 0.15) is 98.8 Å². The molecule has 0 amide bonds. The minimum atomic E-state index is -0.393. The third-order valence-electron chi connectivity index (χ3n) is 11.6. The van der Waals surface area contributed by atoms with E-state index < -0.39 is 5.79 Å². The molecule has 1 heterocycles. The molecule has 0 aromatic rings. The average molecular weight is 454 g/mol. The van der Waals surface area contributed by atoms with Crippen molar-refractivity contribution in [2.75, 3.05) is 13.2 Å². The van der Waals surface area contributed by atoms with Crippen LogP contribution in [0, 0.1) is 63.6 Å². The lowest BCUT2D eigenvalue weighted by Gasteiger charge is -2.59. The Morgan fingerprint density at radius 1 is 0.970 bits per heavy atom. The number of hydrogen-bond donors (Lipinski definition) is 0. The number of hydrogen-bond acceptors (Lipinski definition) is 3. The van der Waals surface area contributed by atoms with Crippen molar-refractivity contribution in [2.24, 2.45) is 52.3 Å². The molecule has 33 heavy (non-hydrogen) atoms. The molecule has 1 saturated heterocycles. The van der Waals surface area contributed by atoms with E-state index in [9.17, 15) is 5.26 Å². The maximum Gasteiger partial charge on any atom is 0.188 e. The predicted molar refractivity (Wildman–Crippen MR) is 132 cm³/mol. The van der Waals surface area contributed by atoms with Crippen molar-refractivity contribution in [3.63, 3.8) is 0 Å². The maximum absolute atomic E-state index is 9.56. The maximum atomic E-state index is 9.56. The van der Waals surface area contributed by atoms with Crippen LogP contribution < -0.4 is 0 Å². The summed E-state index contributed by atoms with van der Waals surface area (Å²) in [5.74, 6) is 4.52. The van der Waals surface area contributed by atoms with E-state index in [4.69, 9.17) is 9.47 Å². The smallest absolute Gasteiger partial charge is 0.188 e. The van der Waals surface area contributed by atoms with Crippen molar-refractivity contribution in [1.29, 1.82) is 5.26 Å². The molecule has 0 N–H and O–H groups in total. The second-order valence-corrected chi connectivity index (χ2v) is 13.3. The molecule has 0 radical (unpaired) electrons. The van der Waals surface area contributed by atoms with Crippen molar-refractivity contribution < 1.29 is 9.47 Å². The van der Waals surface area contributed by atoms with Gasteiger partial charge in [-0.25, -0.2) is 0 Å². The first-order valence-electron chi connectivity index (χ1n) is 14.1. The van der Waals surface area contributed by atoms with Gasteiger partial charge in [0, 0.05) is 12.3 Å². The minimum absolute atomic E-state index is 0.221. The zero-order valence-electron chi connectivity index (χ0n) is 21.9. The summed E-state index contributed by atoms with van der Waals surface area (Å²) >= 11 is 0. The number of allylic oxidation sites excluding steroid dienone is 1. The van der Waals surface area contributed by atoms with Gasteiger partial charge in [0.2, 0.25) is 0 Å². The molecule has 4 fully saturated rings. The van der Waals surface area contributed by atoms with Crippen LogP contribution in [0.2, 0.25) is 0 Å². The minimum Gasteiger partial charge on any atom is -0.344 e. The number of nitrogens with zero attached hydrogens (tertiary/aromatic N) is 1. The van der Waals surface area contributed by atoms with Gasteiger partial charge in [-0.15, -0.1) is 0 Å². The first kappa shape index (κ1) is 23.9. The van der Waals surface area contributed by atoms with Crippen molar-refractivity contribution >= 4 is 0 Å². The number of fused-ring (bicyclic) bond motifs is 5. The van der Waals surface area contributed by atoms with Crippen LogP contribution in [0.4, 0.5) is 0 Å². The molecule has 184 valence electrons. The summed E-state index contributed by atoms with van der Waals surface area (Å²) < 4.78 is 12.2. The average Bonchev–Trinajstić information content (AvgIpc) is 3.38. The van der Waals surface area contributed by atoms with Gasteiger partial charge in [0.15, 0.2) is 5.79 Å². The van der Waals surface area contributed by atoms with Gasteiger partial charge < -0.3 is 9.47 Å². The summed E-state index contributed by atoms with van der Waals surface area (Å²) in [4.78, 5) is 0. The van der Waals surface area contributed by atoms with Gasteiger partial charge in [-0.05, 0) is 110 Å². The molecule has 3 nitrogen and oxygen atoms in total. The zero-order valence-corrected chi connectivity index (χ0v) is 21.9. The van der Waals surface area contributed by atoms with Gasteiger partial charge in [0.1, 0.15) is 0 Å². The second-order valence-electron chi connectivity index (χ2n) is 13.3. The SMILES string of the molecule is CC(C)C(C#N)CC[C@@H](C)[C@H]1CC[C@H]2[C@@H]3CCC4=CC5(CC[C@]4(C)[C@H]3CC[C@]12C)OCCO5. The summed E-state index contributed by atoms with van der Waals surface area (Å²) in [5.41, 5.74) is 2.51. The molecule has 4 aliphatic carbocycles. The van der Waals surface area contributed by atoms with E-state index in [2.05, 4.69) is 46.8 Å². The van der Waals surface area contributed by atoms with Crippen molar-refractivity contribution in [2.45, 2.75) is 105 Å². The third-order valence-corrected chi connectivity index (χ3v) is 11.6. The molecule has 1 spiro atoms. The monoisotopic (exact) mass is 453 g/mol. The second kappa shape index (κ2) is 8.67. The lowest BCUT2D eigenvalue weighted by atomic mass is 9.46. The highest BCUT2D eigenvalue weighted by Gasteiger charge is 2.60. The summed E-state index contributed by atoms with van der Waals surface area (Å²) in [6.45, 7) is 13.7. The highest BCUT2D eigenvalue weighted by atomic mass is 16.7. The Kier molecular flexibility index (Phi) is 6.27. The quantitative estimate of drug-likeness (QED) is 0.404. The van der Waals surface area contributed by atoms with E-state index in [1.807, 2.05) is 0 Å². The Morgan fingerprint density at radius 3 is 2.42 bits per heavy atom. The topological polar surface area (TPSA) is 42.2 Å². The lowest BCUT2D eigenvalue weighted by molar-refractivity contribution is -0.144. The third kappa shape index (κ3) is 3.83. The Bertz CT molecular complexity index is 805. The van der Waals surface area contributed by atoms with Crippen LogP contribution in [0.3, 0.4) is 0 Å². The van der Waals surface area contributed by atoms with Gasteiger partial charge in [0.05, 0.1) is 19.3 Å². The van der Waals surface area contributed by atoms with Crippen LogP contribution in [0.5, 0.6) is 0 Å². The molecule has 5 rings (SSSR count). The van der Waals surface area contributed by atoms with Crippen LogP contribution in [-0.4, -0.2) is 19.0 Å². The fourth-order valence-corrected chi connectivity index (χ4v) is 9.55. The Morgan fingerprint density at radius 2 is 1.73 bits per heavy atom. The van der Waals surface area contributed by atoms with E-state index in [1.165, 1.54) is 51.4 Å². The molecular formula is C30H47NO2. The highest BCUT2D eigenvalue weighted by molar-refractivity contribution is 5.27. The first-order valence-corrected chi connectivity index (χ1v) is 14.1. The van der Waals surface area contributed by atoms with Gasteiger partial charge in [-0.3, -0.25) is 0 Å². The van der Waals surface area contributed by atoms with Crippen LogP contribution in [-0.2, 0) is 9.47 Å². The van der Waals surface area contributed by atoms with Gasteiger partial charge in [-0.1, -0.05) is 40.2 Å². The van der Waals surface area contributed by atoms with Crippen LogP contribution in [0.25, 0.3) is 0 Å². The molecule has 0 bridgehead atoms. The summed E-state index contributed by atoms with van der Waals surface area (Å²) in [6.07, 6.45) is 15.3. The number of ether oxygens (including phenoxy) is 2. The van der Waals surface area contributed by atoms with Crippen LogP contribution in [0.15, 0.2) is 11.6 Å². The highest BCUT2D eigenvalue weighted by Crippen LogP contribution is 2.68. The van der Waals surface area contributed by atoms with E-state index in [0.29, 0.717) is 16.7 Å². The van der Waals surface area contributed by atoms with Gasteiger partial charge in [-0.2, -0.15) is 5.26 Å². The van der Waals surface area contributed by atoms with Crippen LogP contribution >= 0.6 is 0 Å². The number of rotatable bonds is 5. The Labute approximate surface area is 202 Å². The fraction of sp³-hybridized carbons (Fsp3) is 0.900. The number of nitriles is 1. The zero-order chi connectivity index (χ0) is 23.4. The van der Waals surface area contributed by atoms with E-state index in [0.717, 1.165) is 55.6 Å². The molecule has 5 aliphatic rings. The largest absolute Gasteiger partial charge is 0.344 e. The summed E-state index contributed by atoms with van der Waals surface area (Å²) in [5, 5.41) is 9.56. The van der Waals surface area contributed by atoms with Crippen molar-refractivity contribution in [3.8, 4) is 6.07 Å². The summed E-state index contributed by atoms with van der Waals surface area (Å²) in [6, 6.07) is 2.58. The molecule has 3 saturated carbocycles. The van der Waals surface area contributed by atoms with Gasteiger partial charge >= 0.3 is 0 Å². The lowest BCUT2D eigenvalue weighted by Crippen LogP contribution is -2.52. The van der Waals surface area contributed by atoms with Crippen molar-refractivity contribution in [3.05, 3.63) is 11.6 Å². The van der Waals surface area contributed by atoms with Gasteiger partial charge in [0.25, 0.3) is 0 Å². The molecule has 1 unspecified atom stereocenters. The predicted octanol–water partition coefficient (Wildman–Crippen LogP) is 7.52. The Balaban J connectivity index is 1.30. The fourth-order valence-electron chi connectivity index (χ4n) is 9.55. The standard InChI is InChI=1S/C30H47NO2/c1-20(2)22(19-31)7-6-21(3)25-10-11-26-24-9-8-23-18-30(32-16-17-33-30)15-14-28(23,4)27(24)12-13-29(25,26)5/h18,20-22,24-27H,6-17H2,1-5H3/t21-,22?,24+,25-,26+,27+,28+,29-/m1/s1. The molecule has 8 atom stereocenters. The van der Waals surface area contributed by atoms with E-state index >= 15 is 0 Å². The van der Waals surface area contributed by atoms with E-state index in [-0.39, 0.29) is 5.92 Å². The molecule has 3 heteroatoms. The first-order chi connectivity index (χ1) is 15.7. The summed E-state index contributed by atoms with van der Waals surface area (Å²) in [7, 11) is 0. The molecular weight excluding hydrogens is 406 g/mol. The molecule has 0 aromatic carbocycles.